The minimum absolute atomic E-state index is 0.0875. The molecule has 3 aromatic rings. The highest BCUT2D eigenvalue weighted by molar-refractivity contribution is 6.05. The van der Waals surface area contributed by atoms with Crippen LogP contribution in [0.4, 0.5) is 0 Å². The Morgan fingerprint density at radius 3 is 2.81 bits per heavy atom. The molecule has 26 heavy (non-hydrogen) atoms. The lowest BCUT2D eigenvalue weighted by molar-refractivity contribution is 0.0960. The van der Waals surface area contributed by atoms with Gasteiger partial charge in [-0.05, 0) is 49.6 Å². The van der Waals surface area contributed by atoms with E-state index in [1.807, 2.05) is 19.3 Å². The summed E-state index contributed by atoms with van der Waals surface area (Å²) >= 11 is 0. The predicted molar refractivity (Wildman–Crippen MR) is 105 cm³/mol. The quantitative estimate of drug-likeness (QED) is 0.653. The molecule has 0 unspecified atom stereocenters. The zero-order valence-corrected chi connectivity index (χ0v) is 15.5. The fourth-order valence-corrected chi connectivity index (χ4v) is 3.83. The van der Waals surface area contributed by atoms with E-state index in [0.717, 1.165) is 47.1 Å². The van der Waals surface area contributed by atoms with Gasteiger partial charge in [0.15, 0.2) is 0 Å². The summed E-state index contributed by atoms with van der Waals surface area (Å²) in [5.74, 6) is -0.0875. The number of aromatic nitrogens is 2. The van der Waals surface area contributed by atoms with E-state index >= 15 is 0 Å². The normalized spacial score (nSPS) is 14.4. The van der Waals surface area contributed by atoms with Crippen LogP contribution in [-0.2, 0) is 13.0 Å². The maximum atomic E-state index is 12.5. The van der Waals surface area contributed by atoms with Crippen molar-refractivity contribution in [3.63, 3.8) is 0 Å². The van der Waals surface area contributed by atoms with Crippen LogP contribution in [0.3, 0.4) is 0 Å². The summed E-state index contributed by atoms with van der Waals surface area (Å²) < 4.78 is 1.66. The molecular formula is C22H23N3O. The number of rotatable bonds is 2. The average Bonchev–Trinajstić information content (AvgIpc) is 2.97. The number of carbonyl (C=O) groups excluding carboxylic acids is 1. The molecule has 0 atom stereocenters. The minimum atomic E-state index is -0.0875. The lowest BCUT2D eigenvalue weighted by Crippen LogP contribution is -2.26. The number of hydrogen-bond donors (Lipinski definition) is 0. The van der Waals surface area contributed by atoms with Crippen molar-refractivity contribution < 1.29 is 4.79 Å². The number of likely N-dealkylation sites (N-methyl/N-ethyl adjacent to an activating group) is 1. The maximum absolute atomic E-state index is 12.5. The molecule has 0 saturated heterocycles. The Morgan fingerprint density at radius 2 is 2.04 bits per heavy atom. The molecule has 0 amide bonds. The Labute approximate surface area is 153 Å². The monoisotopic (exact) mass is 345 g/mol. The highest BCUT2D eigenvalue weighted by atomic mass is 16.2. The third kappa shape index (κ3) is 2.67. The first kappa shape index (κ1) is 16.7. The summed E-state index contributed by atoms with van der Waals surface area (Å²) in [4.78, 5) is 19.2. The van der Waals surface area contributed by atoms with E-state index in [1.165, 1.54) is 11.1 Å². The van der Waals surface area contributed by atoms with Gasteiger partial charge in [0, 0.05) is 42.0 Å². The predicted octanol–water partition coefficient (Wildman–Crippen LogP) is 4.22. The van der Waals surface area contributed by atoms with Gasteiger partial charge in [-0.3, -0.25) is 14.3 Å². The standard InChI is InChI=1S/C22H23N3O/c1-14(2)22(26)25-12-15(3)21-19(10-23-11-20(21)25)17-5-6-18-13-24(4)8-7-16(18)9-17/h5-6,9-12H,1,7-8,13H2,2-4H3. The molecule has 0 fully saturated rings. The second-order valence-electron chi connectivity index (χ2n) is 7.32. The van der Waals surface area contributed by atoms with E-state index in [9.17, 15) is 4.79 Å². The molecule has 4 nitrogen and oxygen atoms in total. The highest BCUT2D eigenvalue weighted by Crippen LogP contribution is 2.33. The molecule has 1 aliphatic rings. The van der Waals surface area contributed by atoms with Crippen LogP contribution in [-0.4, -0.2) is 34.0 Å². The van der Waals surface area contributed by atoms with Crippen LogP contribution in [0.2, 0.25) is 0 Å². The zero-order chi connectivity index (χ0) is 18.4. The maximum Gasteiger partial charge on any atom is 0.257 e. The largest absolute Gasteiger partial charge is 0.302 e. The molecule has 132 valence electrons. The molecular weight excluding hydrogens is 322 g/mol. The fourth-order valence-electron chi connectivity index (χ4n) is 3.83. The molecule has 1 aliphatic heterocycles. The van der Waals surface area contributed by atoms with Gasteiger partial charge in [0.25, 0.3) is 5.91 Å². The van der Waals surface area contributed by atoms with Crippen LogP contribution in [0.15, 0.2) is 48.9 Å². The lowest BCUT2D eigenvalue weighted by Gasteiger charge is -2.25. The van der Waals surface area contributed by atoms with Crippen molar-refractivity contribution in [2.75, 3.05) is 13.6 Å². The number of hydrogen-bond acceptors (Lipinski definition) is 3. The molecule has 0 saturated carbocycles. The summed E-state index contributed by atoms with van der Waals surface area (Å²) in [5, 5.41) is 1.09. The molecule has 3 heterocycles. The van der Waals surface area contributed by atoms with Crippen molar-refractivity contribution in [2.45, 2.75) is 26.8 Å². The lowest BCUT2D eigenvalue weighted by atomic mass is 9.94. The van der Waals surface area contributed by atoms with Crippen molar-refractivity contribution in [3.8, 4) is 11.1 Å². The van der Waals surface area contributed by atoms with Crippen molar-refractivity contribution in [3.05, 3.63) is 65.6 Å². The Hall–Kier alpha value is -2.72. The molecule has 2 aromatic heterocycles. The van der Waals surface area contributed by atoms with Crippen LogP contribution in [0.1, 0.15) is 28.4 Å². The van der Waals surface area contributed by atoms with Gasteiger partial charge in [0.1, 0.15) is 0 Å². The smallest absolute Gasteiger partial charge is 0.257 e. The number of aryl methyl sites for hydroxylation is 1. The van der Waals surface area contributed by atoms with E-state index in [4.69, 9.17) is 0 Å². The summed E-state index contributed by atoms with van der Waals surface area (Å²) in [5.41, 5.74) is 7.48. The number of carbonyl (C=O) groups is 1. The number of nitrogens with zero attached hydrogens (tertiary/aromatic N) is 3. The Bertz CT molecular complexity index is 1040. The van der Waals surface area contributed by atoms with Gasteiger partial charge in [-0.25, -0.2) is 0 Å². The SMILES string of the molecule is C=C(C)C(=O)n1cc(C)c2c(-c3ccc4c(c3)CCN(C)C4)cncc21. The van der Waals surface area contributed by atoms with Gasteiger partial charge in [-0.1, -0.05) is 24.8 Å². The van der Waals surface area contributed by atoms with Crippen LogP contribution in [0.5, 0.6) is 0 Å². The minimum Gasteiger partial charge on any atom is -0.302 e. The molecule has 4 rings (SSSR count). The molecule has 0 aliphatic carbocycles. The molecule has 0 radical (unpaired) electrons. The van der Waals surface area contributed by atoms with Gasteiger partial charge in [0.05, 0.1) is 11.7 Å². The molecule has 1 aromatic carbocycles. The van der Waals surface area contributed by atoms with Gasteiger partial charge in [-0.2, -0.15) is 0 Å². The number of benzene rings is 1. The summed E-state index contributed by atoms with van der Waals surface area (Å²) in [6.07, 6.45) is 6.62. The first-order valence-corrected chi connectivity index (χ1v) is 8.92. The van der Waals surface area contributed by atoms with E-state index < -0.39 is 0 Å². The zero-order valence-electron chi connectivity index (χ0n) is 15.5. The van der Waals surface area contributed by atoms with Gasteiger partial charge >= 0.3 is 0 Å². The van der Waals surface area contributed by atoms with Crippen LogP contribution in [0.25, 0.3) is 22.0 Å². The Balaban J connectivity index is 1.88. The van der Waals surface area contributed by atoms with Crippen LogP contribution < -0.4 is 0 Å². The summed E-state index contributed by atoms with van der Waals surface area (Å²) in [6, 6.07) is 6.69. The van der Waals surface area contributed by atoms with Crippen molar-refractivity contribution in [1.29, 1.82) is 0 Å². The third-order valence-corrected chi connectivity index (χ3v) is 5.21. The first-order chi connectivity index (χ1) is 12.5. The molecule has 4 heteroatoms. The van der Waals surface area contributed by atoms with Gasteiger partial charge < -0.3 is 4.90 Å². The molecule has 0 spiro atoms. The van der Waals surface area contributed by atoms with E-state index in [1.54, 1.807) is 17.7 Å². The molecule has 0 N–H and O–H groups in total. The second kappa shape index (κ2) is 6.22. The topological polar surface area (TPSA) is 38.1 Å². The van der Waals surface area contributed by atoms with Crippen LogP contribution >= 0.6 is 0 Å². The van der Waals surface area contributed by atoms with Crippen molar-refractivity contribution >= 4 is 16.8 Å². The number of pyridine rings is 1. The average molecular weight is 345 g/mol. The summed E-state index contributed by atoms with van der Waals surface area (Å²) in [6.45, 7) is 9.65. The summed E-state index contributed by atoms with van der Waals surface area (Å²) in [7, 11) is 2.16. The number of allylic oxidation sites excluding steroid dienone is 1. The Kier molecular flexibility index (Phi) is 4.00. The highest BCUT2D eigenvalue weighted by Gasteiger charge is 2.18. The first-order valence-electron chi connectivity index (χ1n) is 8.92. The fraction of sp³-hybridized carbons (Fsp3) is 0.273. The Morgan fingerprint density at radius 1 is 1.23 bits per heavy atom. The number of fused-ring (bicyclic) bond motifs is 2. The van der Waals surface area contributed by atoms with E-state index in [2.05, 4.69) is 41.7 Å². The van der Waals surface area contributed by atoms with E-state index in [0.29, 0.717) is 5.57 Å². The van der Waals surface area contributed by atoms with Gasteiger partial charge in [-0.15, -0.1) is 0 Å². The van der Waals surface area contributed by atoms with Gasteiger partial charge in [0.2, 0.25) is 0 Å². The second-order valence-corrected chi connectivity index (χ2v) is 7.32. The third-order valence-electron chi connectivity index (χ3n) is 5.21. The van der Waals surface area contributed by atoms with Crippen molar-refractivity contribution in [1.82, 2.24) is 14.5 Å². The van der Waals surface area contributed by atoms with Crippen molar-refractivity contribution in [2.24, 2.45) is 0 Å². The molecule has 0 bridgehead atoms. The van der Waals surface area contributed by atoms with E-state index in [-0.39, 0.29) is 5.91 Å². The van der Waals surface area contributed by atoms with Crippen LogP contribution in [0, 0.1) is 6.92 Å².